The molecular weight excluding hydrogens is 494 g/mol. The van der Waals surface area contributed by atoms with Crippen LogP contribution in [0.15, 0.2) is 76.8 Å². The highest BCUT2D eigenvalue weighted by molar-refractivity contribution is 6.81. The van der Waals surface area contributed by atoms with Crippen LogP contribution in [0.5, 0.6) is 5.88 Å². The van der Waals surface area contributed by atoms with Gasteiger partial charge in [0.15, 0.2) is 0 Å². The summed E-state index contributed by atoms with van der Waals surface area (Å²) in [7, 11) is 7.15. The first-order valence-corrected chi connectivity index (χ1v) is 11.6. The summed E-state index contributed by atoms with van der Waals surface area (Å²) >= 11 is 0. The van der Waals surface area contributed by atoms with Crippen molar-refractivity contribution in [1.29, 1.82) is 0 Å². The number of benzene rings is 1. The van der Waals surface area contributed by atoms with Crippen LogP contribution in [0, 0.1) is 0 Å². The molecule has 38 heavy (non-hydrogen) atoms. The molecule has 3 heterocycles. The minimum absolute atomic E-state index is 0.0538. The quantitative estimate of drug-likeness (QED) is 0.183. The number of halogens is 3. The summed E-state index contributed by atoms with van der Waals surface area (Å²) in [5, 5.41) is 4.28. The number of alkyl halides is 3. The Labute approximate surface area is 220 Å². The summed E-state index contributed by atoms with van der Waals surface area (Å²) in [5.74, 6) is 0.671. The molecule has 8 nitrogen and oxygen atoms in total. The molecule has 2 aromatic heterocycles. The van der Waals surface area contributed by atoms with Gasteiger partial charge in [-0.15, -0.1) is 13.2 Å². The summed E-state index contributed by atoms with van der Waals surface area (Å²) < 4.78 is 45.5. The summed E-state index contributed by atoms with van der Waals surface area (Å²) in [6, 6.07) is 10.2. The fraction of sp³-hybridized carbons (Fsp3) is 0.269. The molecule has 1 radical (unpaired) electrons. The van der Waals surface area contributed by atoms with Gasteiger partial charge in [0, 0.05) is 56.7 Å². The standard InChI is InChI=1S/C24H24BF3N7O.C2H4/c1-29-15-34(2)11-10-16-4-6-17(7-5-16)23-32-22(25-33-23)19-13-31-35(3)20(19)14-36-21-9-8-18(12-30-21)24(26,27)28;1-2/h4-9,12-13,15H,10-11,14H2,1-3H3;1-2H2. The van der Waals surface area contributed by atoms with Gasteiger partial charge in [-0.05, 0) is 18.1 Å². The van der Waals surface area contributed by atoms with Crippen molar-refractivity contribution in [3.05, 3.63) is 89.9 Å². The smallest absolute Gasteiger partial charge is 0.417 e. The van der Waals surface area contributed by atoms with Crippen LogP contribution in [0.2, 0.25) is 0 Å². The van der Waals surface area contributed by atoms with E-state index in [1.165, 1.54) is 11.6 Å². The van der Waals surface area contributed by atoms with E-state index in [9.17, 15) is 13.2 Å². The molecule has 0 amide bonds. The molecule has 0 N–H and O–H groups in total. The predicted octanol–water partition coefficient (Wildman–Crippen LogP) is 4.17. The van der Waals surface area contributed by atoms with Gasteiger partial charge in [-0.2, -0.15) is 18.3 Å². The van der Waals surface area contributed by atoms with Crippen molar-refractivity contribution in [2.24, 2.45) is 21.9 Å². The van der Waals surface area contributed by atoms with E-state index >= 15 is 0 Å². The number of ether oxygens (including phenoxy) is 1. The van der Waals surface area contributed by atoms with Crippen LogP contribution in [-0.2, 0) is 26.3 Å². The number of aromatic nitrogens is 3. The summed E-state index contributed by atoms with van der Waals surface area (Å²) in [5.41, 5.74) is 3.30. The zero-order valence-electron chi connectivity index (χ0n) is 21.5. The average Bonchev–Trinajstić information content (AvgIpc) is 3.54. The number of amidine groups is 1. The number of rotatable bonds is 9. The topological polar surface area (TPSA) is 80.3 Å². The molecule has 1 aliphatic rings. The Morgan fingerprint density at radius 1 is 1.13 bits per heavy atom. The zero-order chi connectivity index (χ0) is 27.7. The Bertz CT molecular complexity index is 1300. The Morgan fingerprint density at radius 2 is 1.87 bits per heavy atom. The number of pyridine rings is 1. The third kappa shape index (κ3) is 7.18. The van der Waals surface area contributed by atoms with E-state index < -0.39 is 11.7 Å². The first-order chi connectivity index (χ1) is 18.2. The summed E-state index contributed by atoms with van der Waals surface area (Å²) in [4.78, 5) is 18.9. The van der Waals surface area contributed by atoms with Gasteiger partial charge in [-0.3, -0.25) is 9.67 Å². The van der Waals surface area contributed by atoms with E-state index in [1.807, 2.05) is 24.1 Å². The van der Waals surface area contributed by atoms with Crippen molar-refractivity contribution in [2.75, 3.05) is 20.6 Å². The first kappa shape index (κ1) is 28.4. The zero-order valence-corrected chi connectivity index (χ0v) is 21.5. The second-order valence-corrected chi connectivity index (χ2v) is 8.18. The van der Waals surface area contributed by atoms with Crippen LogP contribution >= 0.6 is 0 Å². The highest BCUT2D eigenvalue weighted by atomic mass is 19.4. The van der Waals surface area contributed by atoms with Crippen molar-refractivity contribution in [3.63, 3.8) is 0 Å². The number of aryl methyl sites for hydroxylation is 1. The lowest BCUT2D eigenvalue weighted by Crippen LogP contribution is -2.19. The molecular formula is C26H28BF3N7O. The number of hydrogen-bond acceptors (Lipinski definition) is 6. The summed E-state index contributed by atoms with van der Waals surface area (Å²) in [6.45, 7) is 6.92. The van der Waals surface area contributed by atoms with Gasteiger partial charge in [0.1, 0.15) is 12.4 Å². The van der Waals surface area contributed by atoms with E-state index in [2.05, 4.69) is 50.3 Å². The lowest BCUT2D eigenvalue weighted by atomic mass is 9.83. The first-order valence-electron chi connectivity index (χ1n) is 11.6. The van der Waals surface area contributed by atoms with E-state index in [0.29, 0.717) is 17.1 Å². The van der Waals surface area contributed by atoms with Gasteiger partial charge in [0.05, 0.1) is 23.8 Å². The SMILES string of the molecule is C=C.CN=CN(C)CCc1ccc(C2=N[B]C(c3cnn(C)c3COc3ccc(C(F)(F)F)cn3)=N2)cc1. The molecule has 3 aromatic rings. The molecule has 12 heteroatoms. The molecule has 0 saturated heterocycles. The Morgan fingerprint density at radius 3 is 2.50 bits per heavy atom. The molecule has 0 atom stereocenters. The van der Waals surface area contributed by atoms with E-state index in [0.717, 1.165) is 36.4 Å². The van der Waals surface area contributed by atoms with Crippen molar-refractivity contribution in [1.82, 2.24) is 19.7 Å². The molecule has 4 rings (SSSR count). The number of aliphatic imine (C=N–C) groups is 2. The fourth-order valence-electron chi connectivity index (χ4n) is 3.57. The maximum absolute atomic E-state index is 12.7. The van der Waals surface area contributed by atoms with E-state index in [1.54, 1.807) is 38.7 Å². The van der Waals surface area contributed by atoms with Crippen molar-refractivity contribution in [3.8, 4) is 5.88 Å². The molecule has 0 fully saturated rings. The van der Waals surface area contributed by atoms with Crippen molar-refractivity contribution < 1.29 is 17.9 Å². The largest absolute Gasteiger partial charge is 0.471 e. The molecule has 1 aromatic carbocycles. The van der Waals surface area contributed by atoms with E-state index in [-0.39, 0.29) is 12.5 Å². The van der Waals surface area contributed by atoms with Crippen LogP contribution < -0.4 is 4.74 Å². The molecule has 1 aliphatic heterocycles. The maximum atomic E-state index is 12.7. The molecule has 0 aliphatic carbocycles. The van der Waals surface area contributed by atoms with Gasteiger partial charge >= 0.3 is 13.6 Å². The van der Waals surface area contributed by atoms with Gasteiger partial charge in [-0.25, -0.2) is 9.98 Å². The van der Waals surface area contributed by atoms with Crippen LogP contribution in [0.25, 0.3) is 0 Å². The van der Waals surface area contributed by atoms with Gasteiger partial charge in [0.25, 0.3) is 0 Å². The van der Waals surface area contributed by atoms with Gasteiger partial charge in [0.2, 0.25) is 5.88 Å². The predicted molar refractivity (Wildman–Crippen MR) is 144 cm³/mol. The highest BCUT2D eigenvalue weighted by Gasteiger charge is 2.30. The second-order valence-electron chi connectivity index (χ2n) is 8.18. The maximum Gasteiger partial charge on any atom is 0.417 e. The second kappa shape index (κ2) is 12.8. The number of nitrogens with zero attached hydrogens (tertiary/aromatic N) is 7. The third-order valence-corrected chi connectivity index (χ3v) is 5.57. The lowest BCUT2D eigenvalue weighted by Gasteiger charge is -2.12. The van der Waals surface area contributed by atoms with E-state index in [4.69, 9.17) is 4.74 Å². The highest BCUT2D eigenvalue weighted by Crippen LogP contribution is 2.29. The molecule has 0 spiro atoms. The molecule has 0 saturated carbocycles. The Hall–Kier alpha value is -4.22. The third-order valence-electron chi connectivity index (χ3n) is 5.57. The van der Waals surface area contributed by atoms with Crippen LogP contribution in [-0.4, -0.2) is 65.5 Å². The summed E-state index contributed by atoms with van der Waals surface area (Å²) in [6.07, 6.45) is 0.646. The monoisotopic (exact) mass is 522 g/mol. The minimum atomic E-state index is -4.45. The molecule has 0 bridgehead atoms. The Kier molecular flexibility index (Phi) is 9.58. The minimum Gasteiger partial charge on any atom is -0.471 e. The van der Waals surface area contributed by atoms with Gasteiger partial charge < -0.3 is 14.5 Å². The lowest BCUT2D eigenvalue weighted by molar-refractivity contribution is -0.137. The van der Waals surface area contributed by atoms with Gasteiger partial charge in [-0.1, -0.05) is 24.3 Å². The average molecular weight is 522 g/mol. The van der Waals surface area contributed by atoms with Crippen molar-refractivity contribution >= 4 is 25.2 Å². The van der Waals surface area contributed by atoms with Crippen LogP contribution in [0.1, 0.15) is 27.9 Å². The fourth-order valence-corrected chi connectivity index (χ4v) is 3.57. The van der Waals surface area contributed by atoms with Crippen LogP contribution in [0.4, 0.5) is 13.2 Å². The number of hydrogen-bond donors (Lipinski definition) is 0. The molecule has 197 valence electrons. The number of likely N-dealkylation sites (N-methyl/N-ethyl adjacent to an activating group) is 1. The van der Waals surface area contributed by atoms with Crippen molar-refractivity contribution in [2.45, 2.75) is 19.2 Å². The Balaban J connectivity index is 0.00000195. The molecule has 0 unspecified atom stereocenters. The normalized spacial score (nSPS) is 12.9. The van der Waals surface area contributed by atoms with Crippen LogP contribution in [0.3, 0.4) is 0 Å².